The van der Waals surface area contributed by atoms with Crippen molar-refractivity contribution in [2.75, 3.05) is 5.32 Å². The summed E-state index contributed by atoms with van der Waals surface area (Å²) in [5.74, 6) is 0.648. The van der Waals surface area contributed by atoms with E-state index in [1.807, 2.05) is 79.2 Å². The molecule has 0 saturated heterocycles. The summed E-state index contributed by atoms with van der Waals surface area (Å²) in [6, 6.07) is 17.1. The van der Waals surface area contributed by atoms with Crippen molar-refractivity contribution in [1.29, 1.82) is 0 Å². The molecule has 0 fully saturated rings. The van der Waals surface area contributed by atoms with Crippen molar-refractivity contribution >= 4 is 11.6 Å². The predicted octanol–water partition coefficient (Wildman–Crippen LogP) is 3.93. The van der Waals surface area contributed by atoms with E-state index in [0.29, 0.717) is 5.56 Å². The number of pyridine rings is 1. The fourth-order valence-corrected chi connectivity index (χ4v) is 3.18. The molecule has 0 aliphatic rings. The van der Waals surface area contributed by atoms with Crippen LogP contribution in [-0.4, -0.2) is 25.2 Å². The molecule has 0 atom stereocenters. The Balaban J connectivity index is 1.62. The van der Waals surface area contributed by atoms with E-state index >= 15 is 0 Å². The average Bonchev–Trinajstić information content (AvgIpc) is 3.31. The Bertz CT molecular complexity index is 1080. The second-order valence-corrected chi connectivity index (χ2v) is 6.26. The molecular weight excluding hydrogens is 338 g/mol. The zero-order valence-electron chi connectivity index (χ0n) is 15.1. The summed E-state index contributed by atoms with van der Waals surface area (Å²) in [4.78, 5) is 17.3. The van der Waals surface area contributed by atoms with E-state index in [1.165, 1.54) is 0 Å². The van der Waals surface area contributed by atoms with Crippen molar-refractivity contribution in [2.45, 2.75) is 13.8 Å². The number of nitrogens with one attached hydrogen (secondary N) is 1. The quantitative estimate of drug-likeness (QED) is 0.602. The van der Waals surface area contributed by atoms with Crippen molar-refractivity contribution in [3.8, 4) is 11.5 Å². The number of carbonyl (C=O) groups is 1. The van der Waals surface area contributed by atoms with Crippen LogP contribution in [0.3, 0.4) is 0 Å². The number of nitrogens with zero attached hydrogens (tertiary/aromatic N) is 4. The number of hydrogen-bond donors (Lipinski definition) is 1. The summed E-state index contributed by atoms with van der Waals surface area (Å²) < 4.78 is 3.73. The molecule has 1 amide bonds. The van der Waals surface area contributed by atoms with Gasteiger partial charge >= 0.3 is 0 Å². The van der Waals surface area contributed by atoms with Crippen LogP contribution >= 0.6 is 0 Å². The number of amides is 1. The molecule has 134 valence electrons. The third-order valence-corrected chi connectivity index (χ3v) is 4.43. The van der Waals surface area contributed by atoms with Gasteiger partial charge in [0.2, 0.25) is 0 Å². The third-order valence-electron chi connectivity index (χ3n) is 4.43. The Morgan fingerprint density at radius 1 is 1.00 bits per heavy atom. The number of hydrogen-bond acceptors (Lipinski definition) is 3. The molecule has 3 aromatic heterocycles. The highest BCUT2D eigenvalue weighted by molar-refractivity contribution is 6.05. The normalized spacial score (nSPS) is 10.7. The summed E-state index contributed by atoms with van der Waals surface area (Å²) in [6.07, 6.45) is 5.33. The lowest BCUT2D eigenvalue weighted by molar-refractivity contribution is 0.102. The van der Waals surface area contributed by atoms with Crippen LogP contribution in [0.5, 0.6) is 0 Å². The monoisotopic (exact) mass is 357 g/mol. The van der Waals surface area contributed by atoms with E-state index in [9.17, 15) is 4.79 Å². The molecule has 3 heterocycles. The van der Waals surface area contributed by atoms with Crippen molar-refractivity contribution in [3.05, 3.63) is 90.1 Å². The van der Waals surface area contributed by atoms with Gasteiger partial charge in [0.1, 0.15) is 5.82 Å². The van der Waals surface area contributed by atoms with Crippen molar-refractivity contribution in [3.63, 3.8) is 0 Å². The second kappa shape index (κ2) is 6.92. The van der Waals surface area contributed by atoms with Crippen LogP contribution in [0.4, 0.5) is 5.69 Å². The van der Waals surface area contributed by atoms with Crippen molar-refractivity contribution in [2.24, 2.45) is 0 Å². The number of benzene rings is 1. The molecular formula is C21H19N5O. The number of aromatic nitrogens is 4. The van der Waals surface area contributed by atoms with E-state index in [0.717, 1.165) is 28.6 Å². The van der Waals surface area contributed by atoms with Gasteiger partial charge in [-0.25, -0.2) is 9.67 Å². The molecule has 0 aliphatic heterocycles. The summed E-state index contributed by atoms with van der Waals surface area (Å²) in [7, 11) is 0. The first-order chi connectivity index (χ1) is 13.1. The highest BCUT2D eigenvalue weighted by atomic mass is 16.1. The first-order valence-electron chi connectivity index (χ1n) is 8.65. The average molecular weight is 357 g/mol. The van der Waals surface area contributed by atoms with Crippen LogP contribution in [0.25, 0.3) is 11.5 Å². The molecule has 0 radical (unpaired) electrons. The first-order valence-corrected chi connectivity index (χ1v) is 8.65. The molecule has 4 aromatic rings. The van der Waals surface area contributed by atoms with Gasteiger partial charge in [-0.05, 0) is 56.3 Å². The zero-order valence-corrected chi connectivity index (χ0v) is 15.1. The maximum absolute atomic E-state index is 12.9. The first kappa shape index (κ1) is 16.8. The Morgan fingerprint density at radius 3 is 2.63 bits per heavy atom. The molecule has 0 spiro atoms. The van der Waals surface area contributed by atoms with Gasteiger partial charge in [-0.2, -0.15) is 5.10 Å². The van der Waals surface area contributed by atoms with Crippen LogP contribution in [0.1, 0.15) is 21.7 Å². The fourth-order valence-electron chi connectivity index (χ4n) is 3.18. The molecule has 0 unspecified atom stereocenters. The minimum Gasteiger partial charge on any atom is -0.322 e. The largest absolute Gasteiger partial charge is 0.322 e. The summed E-state index contributed by atoms with van der Waals surface area (Å²) in [5.41, 5.74) is 4.05. The van der Waals surface area contributed by atoms with Gasteiger partial charge < -0.3 is 9.88 Å². The molecule has 6 nitrogen and oxygen atoms in total. The van der Waals surface area contributed by atoms with Gasteiger partial charge in [0, 0.05) is 35.7 Å². The standard InChI is InChI=1S/C21H19N5O/c1-15-13-19(16(2)26(15)20-9-3-4-10-22-20)21(27)24-17-7-5-8-18(14-17)25-12-6-11-23-25/h3-14H,1-2H3,(H,24,27). The Hall–Kier alpha value is -3.67. The van der Waals surface area contributed by atoms with Crippen molar-refractivity contribution < 1.29 is 4.79 Å². The number of anilines is 1. The Kier molecular flexibility index (Phi) is 4.30. The van der Waals surface area contributed by atoms with Gasteiger partial charge in [0.15, 0.2) is 0 Å². The van der Waals surface area contributed by atoms with Gasteiger partial charge in [-0.15, -0.1) is 0 Å². The summed E-state index contributed by atoms with van der Waals surface area (Å²) in [6.45, 7) is 3.90. The number of rotatable bonds is 4. The third kappa shape index (κ3) is 3.25. The molecule has 0 aliphatic carbocycles. The maximum Gasteiger partial charge on any atom is 0.257 e. The minimum atomic E-state index is -0.150. The molecule has 27 heavy (non-hydrogen) atoms. The van der Waals surface area contributed by atoms with Gasteiger partial charge in [-0.3, -0.25) is 4.79 Å². The van der Waals surface area contributed by atoms with Crippen LogP contribution in [0.2, 0.25) is 0 Å². The predicted molar refractivity (Wildman–Crippen MR) is 105 cm³/mol. The van der Waals surface area contributed by atoms with Crippen LogP contribution < -0.4 is 5.32 Å². The fraction of sp³-hybridized carbons (Fsp3) is 0.0952. The number of aryl methyl sites for hydroxylation is 1. The van der Waals surface area contributed by atoms with E-state index in [4.69, 9.17) is 0 Å². The minimum absolute atomic E-state index is 0.150. The lowest BCUT2D eigenvalue weighted by Crippen LogP contribution is -2.13. The van der Waals surface area contributed by atoms with E-state index in [-0.39, 0.29) is 5.91 Å². The lowest BCUT2D eigenvalue weighted by Gasteiger charge is -2.09. The molecule has 0 saturated carbocycles. The second-order valence-electron chi connectivity index (χ2n) is 6.26. The van der Waals surface area contributed by atoms with Gasteiger partial charge in [0.25, 0.3) is 5.91 Å². The maximum atomic E-state index is 12.9. The summed E-state index contributed by atoms with van der Waals surface area (Å²) in [5, 5.41) is 7.20. The molecule has 4 rings (SSSR count). The Labute approximate surface area is 157 Å². The zero-order chi connectivity index (χ0) is 18.8. The lowest BCUT2D eigenvalue weighted by atomic mass is 10.2. The SMILES string of the molecule is Cc1cc(C(=O)Nc2cccc(-n3cccn3)c2)c(C)n1-c1ccccn1. The summed E-state index contributed by atoms with van der Waals surface area (Å²) >= 11 is 0. The smallest absolute Gasteiger partial charge is 0.257 e. The van der Waals surface area contributed by atoms with Gasteiger partial charge in [0.05, 0.1) is 11.3 Å². The van der Waals surface area contributed by atoms with E-state index in [2.05, 4.69) is 15.4 Å². The van der Waals surface area contributed by atoms with Crippen molar-refractivity contribution in [1.82, 2.24) is 19.3 Å². The van der Waals surface area contributed by atoms with Gasteiger partial charge in [-0.1, -0.05) is 12.1 Å². The molecule has 0 bridgehead atoms. The molecule has 6 heteroatoms. The van der Waals surface area contributed by atoms with Crippen LogP contribution in [-0.2, 0) is 0 Å². The Morgan fingerprint density at radius 2 is 1.89 bits per heavy atom. The molecule has 1 aromatic carbocycles. The number of carbonyl (C=O) groups excluding carboxylic acids is 1. The van der Waals surface area contributed by atoms with E-state index < -0.39 is 0 Å². The van der Waals surface area contributed by atoms with Crippen LogP contribution in [0.15, 0.2) is 73.2 Å². The topological polar surface area (TPSA) is 64.7 Å². The van der Waals surface area contributed by atoms with Crippen LogP contribution in [0, 0.1) is 13.8 Å². The molecule has 1 N–H and O–H groups in total. The highest BCUT2D eigenvalue weighted by Crippen LogP contribution is 2.21. The van der Waals surface area contributed by atoms with E-state index in [1.54, 1.807) is 17.1 Å². The highest BCUT2D eigenvalue weighted by Gasteiger charge is 2.17.